The molecule has 0 spiro atoms. The van der Waals surface area contributed by atoms with E-state index in [1.54, 1.807) is 0 Å². The summed E-state index contributed by atoms with van der Waals surface area (Å²) in [6, 6.07) is 26.3. The van der Waals surface area contributed by atoms with Crippen LogP contribution in [0.1, 0.15) is 36.1 Å². The lowest BCUT2D eigenvalue weighted by atomic mass is 10.0. The maximum atomic E-state index is 11.5. The van der Waals surface area contributed by atoms with Gasteiger partial charge in [0.05, 0.1) is 6.42 Å². The van der Waals surface area contributed by atoms with Gasteiger partial charge in [-0.1, -0.05) is 66.7 Å². The molecule has 0 saturated heterocycles. The monoisotopic (exact) mass is 471 g/mol. The number of carboxylic acid groups (broad SMARTS) is 1. The molecule has 182 valence electrons. The molecule has 1 aromatic heterocycles. The molecule has 35 heavy (non-hydrogen) atoms. The molecule has 1 heterocycles. The van der Waals surface area contributed by atoms with E-state index < -0.39 is 5.97 Å². The van der Waals surface area contributed by atoms with Crippen molar-refractivity contribution in [1.29, 1.82) is 0 Å². The van der Waals surface area contributed by atoms with Crippen molar-refractivity contribution in [2.24, 2.45) is 0 Å². The summed E-state index contributed by atoms with van der Waals surface area (Å²) in [5, 5.41) is 17.5. The van der Waals surface area contributed by atoms with E-state index in [0.29, 0.717) is 26.1 Å². The van der Waals surface area contributed by atoms with Crippen molar-refractivity contribution < 1.29 is 14.6 Å². The van der Waals surface area contributed by atoms with Crippen molar-refractivity contribution in [3.8, 4) is 5.75 Å². The van der Waals surface area contributed by atoms with Crippen LogP contribution in [0.3, 0.4) is 0 Å². The van der Waals surface area contributed by atoms with Crippen molar-refractivity contribution in [2.45, 2.75) is 38.5 Å². The zero-order chi connectivity index (χ0) is 24.5. The summed E-state index contributed by atoms with van der Waals surface area (Å²) in [6.45, 7) is 4.01. The molecule has 0 aliphatic heterocycles. The number of benzene rings is 3. The predicted molar refractivity (Wildman–Crippen MR) is 140 cm³/mol. The van der Waals surface area contributed by atoms with Crippen LogP contribution in [0.25, 0.3) is 10.9 Å². The van der Waals surface area contributed by atoms with Crippen LogP contribution in [-0.4, -0.2) is 35.2 Å². The molecule has 4 aromatic rings. The minimum Gasteiger partial charge on any atom is -0.489 e. The molecule has 2 atom stereocenters. The molecule has 0 amide bonds. The van der Waals surface area contributed by atoms with Gasteiger partial charge in [0.25, 0.3) is 0 Å². The second kappa shape index (κ2) is 12.2. The number of carbonyl (C=O) groups is 1. The van der Waals surface area contributed by atoms with E-state index in [4.69, 9.17) is 4.74 Å². The summed E-state index contributed by atoms with van der Waals surface area (Å²) >= 11 is 0. The van der Waals surface area contributed by atoms with Crippen molar-refractivity contribution in [1.82, 2.24) is 15.6 Å². The third kappa shape index (κ3) is 6.94. The lowest BCUT2D eigenvalue weighted by molar-refractivity contribution is -0.137. The highest BCUT2D eigenvalue weighted by molar-refractivity contribution is 5.83. The fourth-order valence-electron chi connectivity index (χ4n) is 4.37. The average Bonchev–Trinajstić information content (AvgIpc) is 3.28. The van der Waals surface area contributed by atoms with Gasteiger partial charge < -0.3 is 25.5 Å². The maximum Gasteiger partial charge on any atom is 0.304 e. The molecule has 0 bridgehead atoms. The van der Waals surface area contributed by atoms with Gasteiger partial charge >= 0.3 is 5.97 Å². The SMILES string of the molecule is CC(NCCN[C@H](CC(=O)O)Cc1c[nH]c2ccccc12)c1ccccc1OCc1ccccc1. The number of hydrogen-bond donors (Lipinski definition) is 4. The van der Waals surface area contributed by atoms with E-state index in [0.717, 1.165) is 33.3 Å². The summed E-state index contributed by atoms with van der Waals surface area (Å²) in [4.78, 5) is 14.7. The number of fused-ring (bicyclic) bond motifs is 1. The van der Waals surface area contributed by atoms with Gasteiger partial charge in [0, 0.05) is 47.8 Å². The smallest absolute Gasteiger partial charge is 0.304 e. The molecule has 6 heteroatoms. The molecule has 4 rings (SSSR count). The third-order valence-corrected chi connectivity index (χ3v) is 6.19. The molecule has 3 aromatic carbocycles. The second-order valence-electron chi connectivity index (χ2n) is 8.80. The zero-order valence-corrected chi connectivity index (χ0v) is 20.0. The average molecular weight is 472 g/mol. The number of rotatable bonds is 13. The lowest BCUT2D eigenvalue weighted by Crippen LogP contribution is -2.38. The lowest BCUT2D eigenvalue weighted by Gasteiger charge is -2.20. The molecule has 0 aliphatic rings. The quantitative estimate of drug-likeness (QED) is 0.205. The first-order valence-electron chi connectivity index (χ1n) is 12.1. The van der Waals surface area contributed by atoms with E-state index in [1.807, 2.05) is 60.8 Å². The molecular formula is C29H33N3O3. The minimum atomic E-state index is -0.798. The Morgan fingerprint density at radius 2 is 1.66 bits per heavy atom. The zero-order valence-electron chi connectivity index (χ0n) is 20.0. The number of carboxylic acids is 1. The summed E-state index contributed by atoms with van der Waals surface area (Å²) in [5.41, 5.74) is 4.43. The first-order valence-corrected chi connectivity index (χ1v) is 12.1. The van der Waals surface area contributed by atoms with E-state index >= 15 is 0 Å². The van der Waals surface area contributed by atoms with Crippen molar-refractivity contribution in [3.63, 3.8) is 0 Å². The van der Waals surface area contributed by atoms with Crippen LogP contribution in [0.15, 0.2) is 85.1 Å². The van der Waals surface area contributed by atoms with Crippen LogP contribution < -0.4 is 15.4 Å². The Bertz CT molecular complexity index is 1220. The highest BCUT2D eigenvalue weighted by atomic mass is 16.5. The molecule has 6 nitrogen and oxygen atoms in total. The number of para-hydroxylation sites is 2. The first-order chi connectivity index (χ1) is 17.1. The molecule has 1 unspecified atom stereocenters. The van der Waals surface area contributed by atoms with Crippen LogP contribution in [0.5, 0.6) is 5.75 Å². The number of H-pyrrole nitrogens is 1. The molecule has 0 fully saturated rings. The Balaban J connectivity index is 1.30. The largest absolute Gasteiger partial charge is 0.489 e. The Morgan fingerprint density at radius 3 is 2.49 bits per heavy atom. The van der Waals surface area contributed by atoms with E-state index in [9.17, 15) is 9.90 Å². The van der Waals surface area contributed by atoms with Crippen molar-refractivity contribution in [3.05, 3.63) is 102 Å². The van der Waals surface area contributed by atoms with Gasteiger partial charge in [0.15, 0.2) is 0 Å². The third-order valence-electron chi connectivity index (χ3n) is 6.19. The summed E-state index contributed by atoms with van der Waals surface area (Å²) in [6.07, 6.45) is 2.71. The van der Waals surface area contributed by atoms with Gasteiger partial charge in [-0.15, -0.1) is 0 Å². The van der Waals surface area contributed by atoms with Crippen LogP contribution in [0, 0.1) is 0 Å². The van der Waals surface area contributed by atoms with E-state index in [1.165, 1.54) is 0 Å². The van der Waals surface area contributed by atoms with Crippen molar-refractivity contribution in [2.75, 3.05) is 13.1 Å². The summed E-state index contributed by atoms with van der Waals surface area (Å²) in [7, 11) is 0. The highest BCUT2D eigenvalue weighted by Gasteiger charge is 2.16. The van der Waals surface area contributed by atoms with Crippen molar-refractivity contribution >= 4 is 16.9 Å². The standard InChI is InChI=1S/C29H33N3O3/c1-21(25-11-6-8-14-28(25)35-20-22-9-3-2-4-10-22)30-15-16-31-24(18-29(33)34)17-23-19-32-27-13-7-5-12-26(23)27/h2-14,19,21,24,30-32H,15-18,20H2,1H3,(H,33,34)/t21?,24-/m0/s1. The summed E-state index contributed by atoms with van der Waals surface area (Å²) in [5.74, 6) is 0.0700. The topological polar surface area (TPSA) is 86.4 Å². The fraction of sp³-hybridized carbons (Fsp3) is 0.276. The van der Waals surface area contributed by atoms with Gasteiger partial charge in [-0.05, 0) is 36.6 Å². The summed E-state index contributed by atoms with van der Waals surface area (Å²) < 4.78 is 6.10. The Kier molecular flexibility index (Phi) is 8.54. The van der Waals surface area contributed by atoms with Gasteiger partial charge in [-0.3, -0.25) is 4.79 Å². The van der Waals surface area contributed by atoms with E-state index in [-0.39, 0.29) is 18.5 Å². The second-order valence-corrected chi connectivity index (χ2v) is 8.80. The Morgan fingerprint density at radius 1 is 0.943 bits per heavy atom. The molecule has 0 aliphatic carbocycles. The maximum absolute atomic E-state index is 11.5. The normalized spacial score (nSPS) is 12.9. The number of ether oxygens (including phenoxy) is 1. The molecule has 0 saturated carbocycles. The van der Waals surface area contributed by atoms with Gasteiger partial charge in [-0.25, -0.2) is 0 Å². The Labute approximate surface area is 206 Å². The van der Waals surface area contributed by atoms with Crippen LogP contribution in [0.4, 0.5) is 0 Å². The number of aromatic nitrogens is 1. The first kappa shape index (κ1) is 24.5. The number of aliphatic carboxylic acids is 1. The number of hydrogen-bond acceptors (Lipinski definition) is 4. The number of aromatic amines is 1. The van der Waals surface area contributed by atoms with Crippen LogP contribution in [-0.2, 0) is 17.8 Å². The molecule has 0 radical (unpaired) electrons. The van der Waals surface area contributed by atoms with E-state index in [2.05, 4.69) is 46.8 Å². The van der Waals surface area contributed by atoms with Gasteiger partial charge in [0.1, 0.15) is 12.4 Å². The van der Waals surface area contributed by atoms with Crippen LogP contribution >= 0.6 is 0 Å². The Hall–Kier alpha value is -3.61. The minimum absolute atomic E-state index is 0.0746. The predicted octanol–water partition coefficient (Wildman–Crippen LogP) is 5.07. The highest BCUT2D eigenvalue weighted by Crippen LogP contribution is 2.25. The molecular weight excluding hydrogens is 438 g/mol. The van der Waals surface area contributed by atoms with Gasteiger partial charge in [-0.2, -0.15) is 0 Å². The fourth-order valence-corrected chi connectivity index (χ4v) is 4.37. The van der Waals surface area contributed by atoms with Gasteiger partial charge in [0.2, 0.25) is 0 Å². The van der Waals surface area contributed by atoms with Crippen LogP contribution in [0.2, 0.25) is 0 Å². The molecule has 4 N–H and O–H groups in total. The number of nitrogens with one attached hydrogen (secondary N) is 3.